The standard InChI is InChI=1S/C11H10N2O3/c1-2-7-16-10-5-3-9(4-6-10)13(8-14)11(12)15/h1,3-6,8H,7H2,(H2,12,15). The summed E-state index contributed by atoms with van der Waals surface area (Å²) < 4.78 is 5.12. The van der Waals surface area contributed by atoms with Crippen LogP contribution < -0.4 is 15.4 Å². The molecule has 2 N–H and O–H groups in total. The number of terminal acetylenes is 1. The second-order valence-electron chi connectivity index (χ2n) is 2.80. The van der Waals surface area contributed by atoms with E-state index in [1.54, 1.807) is 12.1 Å². The maximum Gasteiger partial charge on any atom is 0.325 e. The van der Waals surface area contributed by atoms with E-state index in [1.807, 2.05) is 0 Å². The predicted molar refractivity (Wildman–Crippen MR) is 58.9 cm³/mol. The average Bonchev–Trinajstić information content (AvgIpc) is 2.28. The molecule has 0 aliphatic heterocycles. The molecule has 0 atom stereocenters. The Labute approximate surface area is 92.8 Å². The molecule has 0 bridgehead atoms. The molecule has 16 heavy (non-hydrogen) atoms. The van der Waals surface area contributed by atoms with Crippen molar-refractivity contribution in [1.29, 1.82) is 0 Å². The van der Waals surface area contributed by atoms with Crippen LogP contribution >= 0.6 is 0 Å². The molecule has 5 heteroatoms. The number of hydrogen-bond acceptors (Lipinski definition) is 3. The lowest BCUT2D eigenvalue weighted by Gasteiger charge is -2.12. The molecule has 0 heterocycles. The lowest BCUT2D eigenvalue weighted by atomic mass is 10.3. The third kappa shape index (κ3) is 2.75. The normalized spacial score (nSPS) is 8.94. The van der Waals surface area contributed by atoms with Crippen LogP contribution in [-0.4, -0.2) is 19.0 Å². The van der Waals surface area contributed by atoms with Crippen molar-refractivity contribution in [3.8, 4) is 18.1 Å². The number of imide groups is 1. The summed E-state index contributed by atoms with van der Waals surface area (Å²) in [4.78, 5) is 22.2. The van der Waals surface area contributed by atoms with E-state index in [0.717, 1.165) is 4.90 Å². The van der Waals surface area contributed by atoms with E-state index in [4.69, 9.17) is 16.9 Å². The van der Waals surface area contributed by atoms with Gasteiger partial charge in [0.2, 0.25) is 6.41 Å². The number of amides is 3. The molecule has 0 spiro atoms. The number of urea groups is 1. The summed E-state index contributed by atoms with van der Waals surface area (Å²) in [6.45, 7) is 0.159. The molecule has 0 aliphatic rings. The van der Waals surface area contributed by atoms with Gasteiger partial charge in [-0.2, -0.15) is 0 Å². The fraction of sp³-hybridized carbons (Fsp3) is 0.0909. The van der Waals surface area contributed by atoms with Crippen molar-refractivity contribution in [1.82, 2.24) is 0 Å². The van der Waals surface area contributed by atoms with Crippen molar-refractivity contribution in [2.24, 2.45) is 5.73 Å². The molecule has 0 radical (unpaired) electrons. The van der Waals surface area contributed by atoms with Crippen molar-refractivity contribution < 1.29 is 14.3 Å². The number of carbonyl (C=O) groups excluding carboxylic acids is 2. The van der Waals surface area contributed by atoms with Crippen LogP contribution in [0.25, 0.3) is 0 Å². The number of anilines is 1. The Morgan fingerprint density at radius 2 is 2.12 bits per heavy atom. The molecule has 82 valence electrons. The van der Waals surface area contributed by atoms with Gasteiger partial charge in [0.1, 0.15) is 12.4 Å². The molecule has 0 aromatic heterocycles. The summed E-state index contributed by atoms with van der Waals surface area (Å²) in [5, 5.41) is 0. The molecule has 0 fully saturated rings. The number of benzene rings is 1. The highest BCUT2D eigenvalue weighted by Gasteiger charge is 2.10. The first kappa shape index (κ1) is 11.6. The van der Waals surface area contributed by atoms with Crippen molar-refractivity contribution in [2.45, 2.75) is 0 Å². The summed E-state index contributed by atoms with van der Waals surface area (Å²) >= 11 is 0. The first-order valence-electron chi connectivity index (χ1n) is 4.39. The Kier molecular flexibility index (Phi) is 3.92. The Hall–Kier alpha value is -2.48. The van der Waals surface area contributed by atoms with Gasteiger partial charge < -0.3 is 10.5 Å². The highest BCUT2D eigenvalue weighted by atomic mass is 16.5. The highest BCUT2D eigenvalue weighted by molar-refractivity contribution is 6.05. The monoisotopic (exact) mass is 218 g/mol. The minimum absolute atomic E-state index is 0.159. The molecular weight excluding hydrogens is 208 g/mol. The van der Waals surface area contributed by atoms with Gasteiger partial charge in [0, 0.05) is 0 Å². The van der Waals surface area contributed by atoms with Gasteiger partial charge in [-0.25, -0.2) is 9.69 Å². The van der Waals surface area contributed by atoms with Crippen LogP contribution in [-0.2, 0) is 4.79 Å². The van der Waals surface area contributed by atoms with Gasteiger partial charge in [0.05, 0.1) is 5.69 Å². The van der Waals surface area contributed by atoms with E-state index in [-0.39, 0.29) is 6.61 Å². The zero-order chi connectivity index (χ0) is 12.0. The van der Waals surface area contributed by atoms with E-state index in [0.29, 0.717) is 17.8 Å². The van der Waals surface area contributed by atoms with Gasteiger partial charge in [0.25, 0.3) is 0 Å². The predicted octanol–water partition coefficient (Wildman–Crippen LogP) is 0.740. The SMILES string of the molecule is C#CCOc1ccc(N(C=O)C(N)=O)cc1. The lowest BCUT2D eigenvalue weighted by molar-refractivity contribution is -0.106. The topological polar surface area (TPSA) is 72.6 Å². The Morgan fingerprint density at radius 3 is 2.56 bits per heavy atom. The van der Waals surface area contributed by atoms with Crippen molar-refractivity contribution in [2.75, 3.05) is 11.5 Å². The van der Waals surface area contributed by atoms with E-state index in [1.165, 1.54) is 12.1 Å². The van der Waals surface area contributed by atoms with Crippen molar-refractivity contribution in [3.05, 3.63) is 24.3 Å². The number of primary amides is 1. The number of rotatable bonds is 4. The van der Waals surface area contributed by atoms with Gasteiger partial charge in [-0.15, -0.1) is 6.42 Å². The van der Waals surface area contributed by atoms with Crippen LogP contribution in [0.15, 0.2) is 24.3 Å². The molecule has 0 unspecified atom stereocenters. The van der Waals surface area contributed by atoms with Gasteiger partial charge in [-0.3, -0.25) is 4.79 Å². The van der Waals surface area contributed by atoms with E-state index >= 15 is 0 Å². The molecule has 1 aromatic carbocycles. The zero-order valence-electron chi connectivity index (χ0n) is 8.42. The lowest BCUT2D eigenvalue weighted by Crippen LogP contribution is -2.34. The van der Waals surface area contributed by atoms with Crippen molar-refractivity contribution >= 4 is 18.1 Å². The van der Waals surface area contributed by atoms with Crippen LogP contribution in [0.2, 0.25) is 0 Å². The molecule has 0 aliphatic carbocycles. The van der Waals surface area contributed by atoms with Crippen LogP contribution in [0.5, 0.6) is 5.75 Å². The van der Waals surface area contributed by atoms with E-state index in [9.17, 15) is 9.59 Å². The molecule has 0 saturated heterocycles. The zero-order valence-corrected chi connectivity index (χ0v) is 8.42. The fourth-order valence-corrected chi connectivity index (χ4v) is 1.07. The number of hydrogen-bond donors (Lipinski definition) is 1. The Balaban J connectivity index is 2.81. The summed E-state index contributed by atoms with van der Waals surface area (Å²) in [6, 6.07) is 5.40. The quantitative estimate of drug-likeness (QED) is 0.598. The minimum atomic E-state index is -0.840. The molecule has 0 saturated carbocycles. The molecular formula is C11H10N2O3. The maximum absolute atomic E-state index is 10.8. The fourth-order valence-electron chi connectivity index (χ4n) is 1.07. The van der Waals surface area contributed by atoms with Gasteiger partial charge in [-0.05, 0) is 24.3 Å². The van der Waals surface area contributed by atoms with Crippen LogP contribution in [0.4, 0.5) is 10.5 Å². The summed E-state index contributed by atoms with van der Waals surface area (Å²) in [7, 11) is 0. The van der Waals surface area contributed by atoms with Crippen LogP contribution in [0.1, 0.15) is 0 Å². The molecule has 1 aromatic rings. The average molecular weight is 218 g/mol. The van der Waals surface area contributed by atoms with Crippen LogP contribution in [0, 0.1) is 12.3 Å². The first-order valence-corrected chi connectivity index (χ1v) is 4.39. The number of nitrogens with two attached hydrogens (primary N) is 1. The highest BCUT2D eigenvalue weighted by Crippen LogP contribution is 2.18. The maximum atomic E-state index is 10.8. The summed E-state index contributed by atoms with van der Waals surface area (Å²) in [6.07, 6.45) is 5.37. The molecule has 3 amide bonds. The Morgan fingerprint density at radius 1 is 1.50 bits per heavy atom. The third-order valence-corrected chi connectivity index (χ3v) is 1.78. The number of carbonyl (C=O) groups is 2. The first-order chi connectivity index (χ1) is 7.69. The second kappa shape index (κ2) is 5.41. The van der Waals surface area contributed by atoms with Crippen LogP contribution in [0.3, 0.4) is 0 Å². The second-order valence-corrected chi connectivity index (χ2v) is 2.80. The van der Waals surface area contributed by atoms with E-state index in [2.05, 4.69) is 5.92 Å². The molecule has 5 nitrogen and oxygen atoms in total. The smallest absolute Gasteiger partial charge is 0.325 e. The minimum Gasteiger partial charge on any atom is -0.481 e. The Bertz CT molecular complexity index is 420. The van der Waals surface area contributed by atoms with Gasteiger partial charge >= 0.3 is 6.03 Å². The number of nitrogens with zero attached hydrogens (tertiary/aromatic N) is 1. The van der Waals surface area contributed by atoms with Gasteiger partial charge in [0.15, 0.2) is 0 Å². The molecule has 1 rings (SSSR count). The summed E-state index contributed by atoms with van der Waals surface area (Å²) in [5.41, 5.74) is 5.37. The van der Waals surface area contributed by atoms with E-state index < -0.39 is 6.03 Å². The van der Waals surface area contributed by atoms with Gasteiger partial charge in [-0.1, -0.05) is 5.92 Å². The largest absolute Gasteiger partial charge is 0.481 e. The summed E-state index contributed by atoms with van der Waals surface area (Å²) in [5.74, 6) is 2.87. The third-order valence-electron chi connectivity index (χ3n) is 1.78. The number of ether oxygens (including phenoxy) is 1. The van der Waals surface area contributed by atoms with Crippen molar-refractivity contribution in [3.63, 3.8) is 0 Å².